The molecule has 0 radical (unpaired) electrons. The molecule has 1 rings (SSSR count). The van der Waals surface area contributed by atoms with Gasteiger partial charge in [0.1, 0.15) is 12.6 Å². The van der Waals surface area contributed by atoms with E-state index in [1.807, 2.05) is 6.07 Å². The molecule has 0 unspecified atom stereocenters. The van der Waals surface area contributed by atoms with E-state index < -0.39 is 0 Å². The van der Waals surface area contributed by atoms with E-state index in [-0.39, 0.29) is 6.54 Å². The summed E-state index contributed by atoms with van der Waals surface area (Å²) in [5.74, 6) is 0. The van der Waals surface area contributed by atoms with Crippen LogP contribution in [0.3, 0.4) is 0 Å². The Bertz CT molecular complexity index is 274. The molecule has 10 heavy (non-hydrogen) atoms. The van der Waals surface area contributed by atoms with Crippen molar-refractivity contribution in [2.24, 2.45) is 5.18 Å². The van der Waals surface area contributed by atoms with E-state index in [2.05, 4.69) is 5.18 Å². The Morgan fingerprint density at radius 2 is 2.60 bits per heavy atom. The second-order valence-electron chi connectivity index (χ2n) is 1.70. The van der Waals surface area contributed by atoms with Crippen LogP contribution in [-0.2, 0) is 6.54 Å². The molecule has 1 aromatic rings. The van der Waals surface area contributed by atoms with Crippen LogP contribution < -0.4 is 0 Å². The van der Waals surface area contributed by atoms with Gasteiger partial charge in [0.05, 0.1) is 5.56 Å². The summed E-state index contributed by atoms with van der Waals surface area (Å²) in [7, 11) is 0. The lowest BCUT2D eigenvalue weighted by Crippen LogP contribution is -1.69. The first-order valence-corrected chi connectivity index (χ1v) is 3.51. The fraction of sp³-hybridized carbons (Fsp3) is 0.167. The predicted octanol–water partition coefficient (Wildman–Crippen LogP) is 1.89. The Morgan fingerprint density at radius 1 is 1.80 bits per heavy atom. The molecule has 0 aliphatic heterocycles. The van der Waals surface area contributed by atoms with E-state index in [9.17, 15) is 4.91 Å². The van der Waals surface area contributed by atoms with Crippen LogP contribution in [-0.4, -0.2) is 0 Å². The molecular weight excluding hydrogens is 148 g/mol. The largest absolute Gasteiger partial charge is 0.192 e. The Hall–Kier alpha value is -1.21. The second kappa shape index (κ2) is 3.08. The Balaban J connectivity index is 2.80. The number of nitroso groups, excluding NO2 is 1. The maximum absolute atomic E-state index is 9.75. The number of nitriles is 1. The summed E-state index contributed by atoms with van der Waals surface area (Å²) < 4.78 is 0. The molecule has 0 amide bonds. The summed E-state index contributed by atoms with van der Waals surface area (Å²) >= 11 is 1.38. The molecule has 1 heterocycles. The molecule has 0 aliphatic carbocycles. The average molecular weight is 152 g/mol. The molecule has 3 nitrogen and oxygen atoms in total. The van der Waals surface area contributed by atoms with Crippen LogP contribution >= 0.6 is 11.3 Å². The number of hydrogen-bond acceptors (Lipinski definition) is 4. The number of nitrogens with zero attached hydrogens (tertiary/aromatic N) is 2. The number of thiophene rings is 1. The minimum Gasteiger partial charge on any atom is -0.192 e. The second-order valence-corrected chi connectivity index (χ2v) is 2.70. The van der Waals surface area contributed by atoms with Gasteiger partial charge in [0.15, 0.2) is 0 Å². The summed E-state index contributed by atoms with van der Waals surface area (Å²) in [6.07, 6.45) is 0. The van der Waals surface area contributed by atoms with Crippen molar-refractivity contribution in [2.45, 2.75) is 6.54 Å². The first kappa shape index (κ1) is 6.90. The third-order valence-electron chi connectivity index (χ3n) is 1.00. The van der Waals surface area contributed by atoms with Crippen molar-refractivity contribution in [3.63, 3.8) is 0 Å². The van der Waals surface area contributed by atoms with E-state index in [1.165, 1.54) is 11.3 Å². The van der Waals surface area contributed by atoms with E-state index in [4.69, 9.17) is 5.26 Å². The van der Waals surface area contributed by atoms with E-state index in [1.54, 1.807) is 11.4 Å². The van der Waals surface area contributed by atoms with E-state index in [0.29, 0.717) is 5.56 Å². The summed E-state index contributed by atoms with van der Waals surface area (Å²) in [5.41, 5.74) is 0.601. The summed E-state index contributed by atoms with van der Waals surface area (Å²) in [6.45, 7) is 0.173. The smallest absolute Gasteiger partial charge is 0.115 e. The van der Waals surface area contributed by atoms with Crippen LogP contribution in [0.25, 0.3) is 0 Å². The molecule has 0 aromatic carbocycles. The van der Waals surface area contributed by atoms with Gasteiger partial charge < -0.3 is 0 Å². The average Bonchev–Trinajstić information content (AvgIpc) is 2.37. The molecule has 0 saturated carbocycles. The zero-order chi connectivity index (χ0) is 7.40. The van der Waals surface area contributed by atoms with Gasteiger partial charge in [-0.25, -0.2) is 0 Å². The van der Waals surface area contributed by atoms with Gasteiger partial charge in [-0.1, -0.05) is 5.18 Å². The Labute approximate surface area is 61.9 Å². The fourth-order valence-corrected chi connectivity index (χ4v) is 1.31. The molecular formula is C6H4N2OS. The highest BCUT2D eigenvalue weighted by molar-refractivity contribution is 7.10. The minimum atomic E-state index is 0.173. The standard InChI is InChI=1S/C6H4N2OS/c7-2-5-1-6(3-8-9)10-4-5/h1,4H,3H2. The quantitative estimate of drug-likeness (QED) is 0.607. The molecule has 0 spiro atoms. The molecule has 4 heteroatoms. The monoisotopic (exact) mass is 152 g/mol. The normalized spacial score (nSPS) is 8.70. The van der Waals surface area contributed by atoms with Crippen LogP contribution in [0.2, 0.25) is 0 Å². The Morgan fingerprint density at radius 3 is 3.10 bits per heavy atom. The van der Waals surface area contributed by atoms with Crippen molar-refractivity contribution in [2.75, 3.05) is 0 Å². The van der Waals surface area contributed by atoms with Crippen LogP contribution in [0, 0.1) is 16.2 Å². The van der Waals surface area contributed by atoms with Gasteiger partial charge >= 0.3 is 0 Å². The molecule has 1 aromatic heterocycles. The molecule has 50 valence electrons. The van der Waals surface area contributed by atoms with Crippen LogP contribution in [0.5, 0.6) is 0 Å². The summed E-state index contributed by atoms with van der Waals surface area (Å²) in [6, 6.07) is 3.65. The summed E-state index contributed by atoms with van der Waals surface area (Å²) in [5, 5.41) is 12.8. The lowest BCUT2D eigenvalue weighted by atomic mass is 10.3. The van der Waals surface area contributed by atoms with Gasteiger partial charge in [-0.15, -0.1) is 11.3 Å². The topological polar surface area (TPSA) is 53.2 Å². The zero-order valence-electron chi connectivity index (χ0n) is 5.07. The summed E-state index contributed by atoms with van der Waals surface area (Å²) in [4.78, 5) is 10.6. The lowest BCUT2D eigenvalue weighted by Gasteiger charge is -1.78. The highest BCUT2D eigenvalue weighted by Crippen LogP contribution is 2.14. The van der Waals surface area contributed by atoms with Crippen LogP contribution in [0.15, 0.2) is 16.6 Å². The maximum atomic E-state index is 9.75. The van der Waals surface area contributed by atoms with Crippen molar-refractivity contribution in [1.82, 2.24) is 0 Å². The third-order valence-corrected chi connectivity index (χ3v) is 1.92. The van der Waals surface area contributed by atoms with Gasteiger partial charge in [-0.2, -0.15) is 10.2 Å². The predicted molar refractivity (Wildman–Crippen MR) is 38.5 cm³/mol. The number of hydrogen-bond donors (Lipinski definition) is 0. The zero-order valence-corrected chi connectivity index (χ0v) is 5.89. The van der Waals surface area contributed by atoms with Crippen LogP contribution in [0.1, 0.15) is 10.4 Å². The number of rotatable bonds is 2. The highest BCUT2D eigenvalue weighted by atomic mass is 32.1. The fourth-order valence-electron chi connectivity index (χ4n) is 0.586. The van der Waals surface area contributed by atoms with Gasteiger partial charge in [0.25, 0.3) is 0 Å². The van der Waals surface area contributed by atoms with Crippen molar-refractivity contribution >= 4 is 11.3 Å². The SMILES string of the molecule is N#Cc1csc(CN=O)c1. The van der Waals surface area contributed by atoms with E-state index in [0.717, 1.165) is 4.88 Å². The minimum absolute atomic E-state index is 0.173. The van der Waals surface area contributed by atoms with Crippen LogP contribution in [0.4, 0.5) is 0 Å². The molecule has 0 atom stereocenters. The molecule has 0 aliphatic rings. The van der Waals surface area contributed by atoms with Crippen molar-refractivity contribution in [3.8, 4) is 6.07 Å². The van der Waals surface area contributed by atoms with Gasteiger partial charge in [-0.3, -0.25) is 0 Å². The van der Waals surface area contributed by atoms with Crippen molar-refractivity contribution in [3.05, 3.63) is 26.8 Å². The maximum Gasteiger partial charge on any atom is 0.115 e. The third kappa shape index (κ3) is 1.39. The first-order chi connectivity index (χ1) is 4.86. The highest BCUT2D eigenvalue weighted by Gasteiger charge is 1.96. The van der Waals surface area contributed by atoms with Gasteiger partial charge in [0.2, 0.25) is 0 Å². The van der Waals surface area contributed by atoms with Gasteiger partial charge in [0, 0.05) is 10.3 Å². The Kier molecular flexibility index (Phi) is 2.13. The van der Waals surface area contributed by atoms with Gasteiger partial charge in [-0.05, 0) is 6.07 Å². The molecule has 0 saturated heterocycles. The molecule has 0 fully saturated rings. The first-order valence-electron chi connectivity index (χ1n) is 2.63. The molecule has 0 N–H and O–H groups in total. The lowest BCUT2D eigenvalue weighted by molar-refractivity contribution is 1.09. The molecule has 0 bridgehead atoms. The van der Waals surface area contributed by atoms with E-state index >= 15 is 0 Å². The van der Waals surface area contributed by atoms with Crippen molar-refractivity contribution < 1.29 is 0 Å². The van der Waals surface area contributed by atoms with Crippen molar-refractivity contribution in [1.29, 1.82) is 5.26 Å².